The van der Waals surface area contributed by atoms with Crippen molar-refractivity contribution in [1.29, 1.82) is 0 Å². The highest BCUT2D eigenvalue weighted by atomic mass is 32.2. The second-order valence-electron chi connectivity index (χ2n) is 8.73. The normalized spacial score (nSPS) is 17.9. The fourth-order valence-electron chi connectivity index (χ4n) is 4.62. The van der Waals surface area contributed by atoms with Crippen molar-refractivity contribution < 1.29 is 13.2 Å². The number of hydrogen-bond acceptors (Lipinski definition) is 7. The van der Waals surface area contributed by atoms with Crippen molar-refractivity contribution in [3.8, 4) is 0 Å². The number of hydrogen-bond donors (Lipinski definition) is 0. The molecule has 0 saturated carbocycles. The molecule has 1 amide bonds. The van der Waals surface area contributed by atoms with Gasteiger partial charge in [0.15, 0.2) is 0 Å². The van der Waals surface area contributed by atoms with E-state index in [2.05, 4.69) is 20.2 Å². The quantitative estimate of drug-likeness (QED) is 0.526. The molecular weight excluding hydrogens is 454 g/mol. The number of fused-ring (bicyclic) bond motifs is 1. The van der Waals surface area contributed by atoms with Crippen LogP contribution in [0.1, 0.15) is 25.7 Å². The number of sulfonamides is 1. The van der Waals surface area contributed by atoms with Crippen molar-refractivity contribution in [2.24, 2.45) is 0 Å². The van der Waals surface area contributed by atoms with Gasteiger partial charge in [-0.25, -0.2) is 18.1 Å². The molecule has 2 saturated heterocycles. The van der Waals surface area contributed by atoms with Crippen molar-refractivity contribution in [3.63, 3.8) is 0 Å². The SMILES string of the molecule is O=C(CCn1nnc2cc(S(=O)(=O)N3CCCCC3)ccc21)N1CCN(c2ccccn2)CC1. The first-order chi connectivity index (χ1) is 16.5. The number of amides is 1. The number of aromatic nitrogens is 4. The average molecular weight is 484 g/mol. The predicted molar refractivity (Wildman–Crippen MR) is 128 cm³/mol. The van der Waals surface area contributed by atoms with Crippen LogP contribution < -0.4 is 4.90 Å². The van der Waals surface area contributed by atoms with Crippen LogP contribution in [-0.2, 0) is 21.4 Å². The minimum Gasteiger partial charge on any atom is -0.353 e. The zero-order valence-corrected chi connectivity index (χ0v) is 19.9. The summed E-state index contributed by atoms with van der Waals surface area (Å²) in [7, 11) is -3.52. The smallest absolute Gasteiger partial charge is 0.243 e. The molecular formula is C23H29N7O3S. The number of carbonyl (C=O) groups is 1. The van der Waals surface area contributed by atoms with Crippen LogP contribution in [-0.4, -0.2) is 82.8 Å². The number of piperidine rings is 1. The maximum Gasteiger partial charge on any atom is 0.243 e. The summed E-state index contributed by atoms with van der Waals surface area (Å²) in [4.78, 5) is 21.5. The first kappa shape index (κ1) is 22.7. The van der Waals surface area contributed by atoms with Crippen molar-refractivity contribution >= 4 is 32.8 Å². The van der Waals surface area contributed by atoms with Gasteiger partial charge in [0, 0.05) is 51.9 Å². The van der Waals surface area contributed by atoms with Gasteiger partial charge < -0.3 is 9.80 Å². The molecule has 2 aromatic heterocycles. The molecule has 0 unspecified atom stereocenters. The molecule has 4 heterocycles. The fourth-order valence-corrected chi connectivity index (χ4v) is 6.15. The Morgan fingerprint density at radius 1 is 0.941 bits per heavy atom. The van der Waals surface area contributed by atoms with Crippen LogP contribution in [0.3, 0.4) is 0 Å². The lowest BCUT2D eigenvalue weighted by molar-refractivity contribution is -0.131. The van der Waals surface area contributed by atoms with E-state index < -0.39 is 10.0 Å². The number of nitrogens with zero attached hydrogens (tertiary/aromatic N) is 7. The van der Waals surface area contributed by atoms with Gasteiger partial charge >= 0.3 is 0 Å². The standard InChI is InChI=1S/C23H29N7O3S/c31-23(28-16-14-27(15-17-28)22-6-2-3-10-24-22)9-13-30-21-8-7-19(18-20(21)25-26-30)34(32,33)29-11-4-1-5-12-29/h2-3,6-8,10,18H,1,4-5,9,11-17H2. The number of benzene rings is 1. The molecule has 10 nitrogen and oxygen atoms in total. The summed E-state index contributed by atoms with van der Waals surface area (Å²) in [6, 6.07) is 10.8. The number of anilines is 1. The number of carbonyl (C=O) groups excluding carboxylic acids is 1. The molecule has 1 aromatic carbocycles. The molecule has 2 aliphatic rings. The lowest BCUT2D eigenvalue weighted by Crippen LogP contribution is -2.49. The first-order valence-corrected chi connectivity index (χ1v) is 13.2. The van der Waals surface area contributed by atoms with E-state index in [9.17, 15) is 13.2 Å². The van der Waals surface area contributed by atoms with Crippen LogP contribution in [0.4, 0.5) is 5.82 Å². The summed E-state index contributed by atoms with van der Waals surface area (Å²) < 4.78 is 29.1. The highest BCUT2D eigenvalue weighted by Gasteiger charge is 2.27. The summed E-state index contributed by atoms with van der Waals surface area (Å²) in [5, 5.41) is 8.33. The molecule has 0 N–H and O–H groups in total. The van der Waals surface area contributed by atoms with E-state index in [4.69, 9.17) is 0 Å². The minimum absolute atomic E-state index is 0.0774. The molecule has 3 aromatic rings. The van der Waals surface area contributed by atoms with Gasteiger partial charge in [-0.15, -0.1) is 5.10 Å². The largest absolute Gasteiger partial charge is 0.353 e. The molecule has 34 heavy (non-hydrogen) atoms. The van der Waals surface area contributed by atoms with E-state index in [0.29, 0.717) is 44.7 Å². The van der Waals surface area contributed by atoms with Gasteiger partial charge in [-0.2, -0.15) is 4.31 Å². The van der Waals surface area contributed by atoms with Gasteiger partial charge in [0.1, 0.15) is 11.3 Å². The number of piperazine rings is 1. The molecule has 5 rings (SSSR count). The van der Waals surface area contributed by atoms with Crippen LogP contribution in [0.15, 0.2) is 47.5 Å². The van der Waals surface area contributed by atoms with Gasteiger partial charge in [-0.1, -0.05) is 17.7 Å². The maximum atomic E-state index is 13.0. The van der Waals surface area contributed by atoms with E-state index in [0.717, 1.165) is 43.7 Å². The van der Waals surface area contributed by atoms with Gasteiger partial charge in [0.05, 0.1) is 17.0 Å². The Balaban J connectivity index is 1.20. The van der Waals surface area contributed by atoms with Crippen molar-refractivity contribution in [2.45, 2.75) is 37.1 Å². The number of rotatable bonds is 6. The van der Waals surface area contributed by atoms with E-state index in [-0.39, 0.29) is 10.8 Å². The summed E-state index contributed by atoms with van der Waals surface area (Å²) in [5.41, 5.74) is 1.25. The zero-order chi connectivity index (χ0) is 23.5. The highest BCUT2D eigenvalue weighted by Crippen LogP contribution is 2.23. The van der Waals surface area contributed by atoms with Gasteiger partial charge in [0.2, 0.25) is 15.9 Å². The maximum absolute atomic E-state index is 13.0. The monoisotopic (exact) mass is 483 g/mol. The molecule has 0 atom stereocenters. The molecule has 0 radical (unpaired) electrons. The molecule has 11 heteroatoms. The Labute approximate surface area is 199 Å². The predicted octanol–water partition coefficient (Wildman–Crippen LogP) is 1.74. The summed E-state index contributed by atoms with van der Waals surface area (Å²) in [6.07, 6.45) is 4.95. The molecule has 0 spiro atoms. The first-order valence-electron chi connectivity index (χ1n) is 11.8. The lowest BCUT2D eigenvalue weighted by atomic mass is 10.2. The van der Waals surface area contributed by atoms with Crippen LogP contribution in [0, 0.1) is 0 Å². The second kappa shape index (κ2) is 9.67. The van der Waals surface area contributed by atoms with Crippen LogP contribution in [0.2, 0.25) is 0 Å². The van der Waals surface area contributed by atoms with E-state index in [1.54, 1.807) is 33.4 Å². The Hall–Kier alpha value is -3.05. The van der Waals surface area contributed by atoms with E-state index >= 15 is 0 Å². The Bertz CT molecular complexity index is 1250. The van der Waals surface area contributed by atoms with Crippen LogP contribution in [0.25, 0.3) is 11.0 Å². The minimum atomic E-state index is -3.52. The molecule has 0 bridgehead atoms. The summed E-state index contributed by atoms with van der Waals surface area (Å²) in [6.45, 7) is 4.34. The van der Waals surface area contributed by atoms with E-state index in [1.165, 1.54) is 0 Å². The third-order valence-electron chi connectivity index (χ3n) is 6.58. The zero-order valence-electron chi connectivity index (χ0n) is 19.1. The van der Waals surface area contributed by atoms with Crippen molar-refractivity contribution in [3.05, 3.63) is 42.6 Å². The second-order valence-corrected chi connectivity index (χ2v) is 10.7. The Morgan fingerprint density at radius 2 is 1.74 bits per heavy atom. The molecule has 2 fully saturated rings. The Kier molecular flexibility index (Phi) is 6.46. The van der Waals surface area contributed by atoms with Gasteiger partial charge in [0.25, 0.3) is 0 Å². The average Bonchev–Trinajstić information content (AvgIpc) is 3.31. The fraction of sp³-hybridized carbons (Fsp3) is 0.478. The van der Waals surface area contributed by atoms with E-state index in [1.807, 2.05) is 23.1 Å². The van der Waals surface area contributed by atoms with Gasteiger partial charge in [-0.05, 0) is 43.2 Å². The molecule has 0 aliphatic carbocycles. The third kappa shape index (κ3) is 4.62. The molecule has 2 aliphatic heterocycles. The topological polar surface area (TPSA) is 105 Å². The number of pyridine rings is 1. The van der Waals surface area contributed by atoms with Gasteiger partial charge in [-0.3, -0.25) is 4.79 Å². The lowest BCUT2D eigenvalue weighted by Gasteiger charge is -2.35. The van der Waals surface area contributed by atoms with Crippen LogP contribution in [0.5, 0.6) is 0 Å². The van der Waals surface area contributed by atoms with Crippen molar-refractivity contribution in [2.75, 3.05) is 44.2 Å². The third-order valence-corrected chi connectivity index (χ3v) is 8.48. The summed E-state index contributed by atoms with van der Waals surface area (Å²) in [5.74, 6) is 1.01. The van der Waals surface area contributed by atoms with Crippen molar-refractivity contribution in [1.82, 2.24) is 29.2 Å². The molecule has 180 valence electrons. The highest BCUT2D eigenvalue weighted by molar-refractivity contribution is 7.89. The van der Waals surface area contributed by atoms with Crippen LogP contribution >= 0.6 is 0 Å². The Morgan fingerprint density at radius 3 is 2.47 bits per heavy atom. The summed E-state index contributed by atoms with van der Waals surface area (Å²) >= 11 is 0. The number of aryl methyl sites for hydroxylation is 1.